The molecule has 1 aliphatic rings. The molecule has 0 fully saturated rings. The summed E-state index contributed by atoms with van der Waals surface area (Å²) in [7, 11) is 0. The average molecular weight is 134 g/mol. The van der Waals surface area contributed by atoms with Crippen LogP contribution in [0.15, 0.2) is 36.0 Å². The third kappa shape index (κ3) is 1.38. The van der Waals surface area contributed by atoms with E-state index in [9.17, 15) is 0 Å². The van der Waals surface area contributed by atoms with E-state index < -0.39 is 0 Å². The predicted octanol–water partition coefficient (Wildman–Crippen LogP) is 3.08. The van der Waals surface area contributed by atoms with Gasteiger partial charge in [-0.3, -0.25) is 0 Å². The van der Waals surface area contributed by atoms with Crippen LogP contribution in [0.1, 0.15) is 20.3 Å². The second kappa shape index (κ2) is 2.87. The fraction of sp³-hybridized carbons (Fsp3) is 0.400. The van der Waals surface area contributed by atoms with E-state index in [1.54, 1.807) is 0 Å². The molecule has 0 unspecified atom stereocenters. The Labute approximate surface area is 62.9 Å². The zero-order valence-corrected chi connectivity index (χ0v) is 6.72. The number of allylic oxidation sites excluding steroid dienone is 5. The van der Waals surface area contributed by atoms with Crippen molar-refractivity contribution in [3.05, 3.63) is 36.0 Å². The van der Waals surface area contributed by atoms with Gasteiger partial charge < -0.3 is 0 Å². The van der Waals surface area contributed by atoms with Gasteiger partial charge in [-0.05, 0) is 23.5 Å². The average Bonchev–Trinajstić information content (AvgIpc) is 2.36. The van der Waals surface area contributed by atoms with Crippen LogP contribution in [0.4, 0.5) is 0 Å². The Bertz CT molecular complexity index is 192. The third-order valence-corrected chi connectivity index (χ3v) is 1.88. The van der Waals surface area contributed by atoms with E-state index in [4.69, 9.17) is 0 Å². The summed E-state index contributed by atoms with van der Waals surface area (Å²) in [4.78, 5) is 0. The van der Waals surface area contributed by atoms with Crippen molar-refractivity contribution in [1.82, 2.24) is 0 Å². The minimum absolute atomic E-state index is 0.589. The smallest absolute Gasteiger partial charge is 0.00917 e. The van der Waals surface area contributed by atoms with Crippen molar-refractivity contribution >= 4 is 0 Å². The first-order valence-corrected chi connectivity index (χ1v) is 3.76. The first kappa shape index (κ1) is 7.33. The predicted molar refractivity (Wildman–Crippen MR) is 45.8 cm³/mol. The molecule has 0 aromatic rings. The lowest BCUT2D eigenvalue weighted by Gasteiger charge is -2.09. The van der Waals surface area contributed by atoms with Gasteiger partial charge in [0.1, 0.15) is 0 Å². The van der Waals surface area contributed by atoms with Crippen LogP contribution in [0.5, 0.6) is 0 Å². The molecule has 1 aliphatic carbocycles. The van der Waals surface area contributed by atoms with Crippen molar-refractivity contribution in [1.29, 1.82) is 0 Å². The Morgan fingerprint density at radius 1 is 1.60 bits per heavy atom. The largest absolute Gasteiger partial charge is 0.0953 e. The summed E-state index contributed by atoms with van der Waals surface area (Å²) in [6.45, 7) is 8.39. The van der Waals surface area contributed by atoms with Crippen molar-refractivity contribution in [3.63, 3.8) is 0 Å². The van der Waals surface area contributed by atoms with Crippen molar-refractivity contribution in [2.45, 2.75) is 20.3 Å². The number of hydrogen-bond donors (Lipinski definition) is 0. The molecule has 0 saturated carbocycles. The molecule has 0 nitrogen and oxygen atoms in total. The summed E-state index contributed by atoms with van der Waals surface area (Å²) in [5.41, 5.74) is 2.68. The number of rotatable bonds is 2. The lowest BCUT2D eigenvalue weighted by molar-refractivity contribution is 0.777. The summed E-state index contributed by atoms with van der Waals surface area (Å²) in [5.74, 6) is 0.589. The summed E-state index contributed by atoms with van der Waals surface area (Å²) in [5, 5.41) is 0. The molecular weight excluding hydrogens is 120 g/mol. The van der Waals surface area contributed by atoms with Crippen LogP contribution in [0.2, 0.25) is 0 Å². The highest BCUT2D eigenvalue weighted by Gasteiger charge is 2.06. The minimum Gasteiger partial charge on any atom is -0.0953 e. The molecule has 54 valence electrons. The van der Waals surface area contributed by atoms with Gasteiger partial charge >= 0.3 is 0 Å². The van der Waals surface area contributed by atoms with Crippen LogP contribution in [-0.4, -0.2) is 0 Å². The lowest BCUT2D eigenvalue weighted by Crippen LogP contribution is -1.93. The fourth-order valence-electron chi connectivity index (χ4n) is 1.06. The lowest BCUT2D eigenvalue weighted by atomic mass is 9.96. The molecule has 0 heteroatoms. The Morgan fingerprint density at radius 3 is 2.70 bits per heavy atom. The monoisotopic (exact) mass is 134 g/mol. The van der Waals surface area contributed by atoms with Gasteiger partial charge in [0.2, 0.25) is 0 Å². The molecule has 0 radical (unpaired) electrons. The maximum absolute atomic E-state index is 4.03. The van der Waals surface area contributed by atoms with Crippen molar-refractivity contribution in [2.24, 2.45) is 5.92 Å². The SMILES string of the molecule is C=C(C1=CC=CC1)C(C)C. The van der Waals surface area contributed by atoms with Crippen LogP contribution >= 0.6 is 0 Å². The van der Waals surface area contributed by atoms with Gasteiger partial charge in [-0.15, -0.1) is 0 Å². The normalized spacial score (nSPS) is 16.1. The summed E-state index contributed by atoms with van der Waals surface area (Å²) >= 11 is 0. The first-order valence-electron chi connectivity index (χ1n) is 3.76. The van der Waals surface area contributed by atoms with E-state index in [0.717, 1.165) is 6.42 Å². The molecule has 0 aromatic heterocycles. The van der Waals surface area contributed by atoms with Crippen molar-refractivity contribution in [2.75, 3.05) is 0 Å². The van der Waals surface area contributed by atoms with Gasteiger partial charge in [0.15, 0.2) is 0 Å². The van der Waals surface area contributed by atoms with Gasteiger partial charge in [0, 0.05) is 0 Å². The highest BCUT2D eigenvalue weighted by atomic mass is 14.1. The Balaban J connectivity index is 2.59. The molecule has 0 heterocycles. The second-order valence-electron chi connectivity index (χ2n) is 3.00. The molecule has 0 amide bonds. The summed E-state index contributed by atoms with van der Waals surface area (Å²) < 4.78 is 0. The quantitative estimate of drug-likeness (QED) is 0.544. The Kier molecular flexibility index (Phi) is 2.10. The molecule has 10 heavy (non-hydrogen) atoms. The molecule has 0 spiro atoms. The third-order valence-electron chi connectivity index (χ3n) is 1.88. The van der Waals surface area contributed by atoms with Crippen LogP contribution in [0, 0.1) is 5.92 Å². The molecule has 0 aliphatic heterocycles. The molecule has 0 aromatic carbocycles. The first-order chi connectivity index (χ1) is 4.72. The topological polar surface area (TPSA) is 0 Å². The van der Waals surface area contributed by atoms with Crippen LogP contribution in [-0.2, 0) is 0 Å². The van der Waals surface area contributed by atoms with Crippen molar-refractivity contribution in [3.8, 4) is 0 Å². The highest BCUT2D eigenvalue weighted by Crippen LogP contribution is 2.23. The van der Waals surface area contributed by atoms with Gasteiger partial charge in [-0.2, -0.15) is 0 Å². The molecule has 0 N–H and O–H groups in total. The maximum atomic E-state index is 4.03. The summed E-state index contributed by atoms with van der Waals surface area (Å²) in [6.07, 6.45) is 7.51. The molecule has 0 bridgehead atoms. The zero-order chi connectivity index (χ0) is 7.56. The van der Waals surface area contributed by atoms with Gasteiger partial charge in [0.05, 0.1) is 0 Å². The molecular formula is C10H14. The van der Waals surface area contributed by atoms with E-state index in [0.29, 0.717) is 5.92 Å². The Morgan fingerprint density at radius 2 is 2.30 bits per heavy atom. The Hall–Kier alpha value is -0.780. The van der Waals surface area contributed by atoms with Crippen LogP contribution < -0.4 is 0 Å². The molecule has 0 atom stereocenters. The zero-order valence-electron chi connectivity index (χ0n) is 6.72. The number of hydrogen-bond acceptors (Lipinski definition) is 0. The van der Waals surface area contributed by atoms with Gasteiger partial charge in [0.25, 0.3) is 0 Å². The molecule has 1 rings (SSSR count). The van der Waals surface area contributed by atoms with E-state index in [-0.39, 0.29) is 0 Å². The second-order valence-corrected chi connectivity index (χ2v) is 3.00. The fourth-order valence-corrected chi connectivity index (χ4v) is 1.06. The highest BCUT2D eigenvalue weighted by molar-refractivity contribution is 5.38. The van der Waals surface area contributed by atoms with Gasteiger partial charge in [-0.1, -0.05) is 38.7 Å². The standard InChI is InChI=1S/C10H14/c1-8(2)9(3)10-6-4-5-7-10/h4-6,8H,3,7H2,1-2H3. The van der Waals surface area contributed by atoms with Crippen LogP contribution in [0.25, 0.3) is 0 Å². The molecule has 0 saturated heterocycles. The van der Waals surface area contributed by atoms with Crippen molar-refractivity contribution < 1.29 is 0 Å². The van der Waals surface area contributed by atoms with E-state index in [2.05, 4.69) is 38.7 Å². The summed E-state index contributed by atoms with van der Waals surface area (Å²) in [6, 6.07) is 0. The minimum atomic E-state index is 0.589. The van der Waals surface area contributed by atoms with Crippen LogP contribution in [0.3, 0.4) is 0 Å². The van der Waals surface area contributed by atoms with E-state index >= 15 is 0 Å². The van der Waals surface area contributed by atoms with E-state index in [1.807, 2.05) is 0 Å². The van der Waals surface area contributed by atoms with E-state index in [1.165, 1.54) is 11.1 Å². The van der Waals surface area contributed by atoms with Gasteiger partial charge in [-0.25, -0.2) is 0 Å². The maximum Gasteiger partial charge on any atom is -0.00917 e.